The van der Waals surface area contributed by atoms with Crippen molar-refractivity contribution in [3.8, 4) is 11.5 Å². The summed E-state index contributed by atoms with van der Waals surface area (Å²) in [5.74, 6) is 0.956. The zero-order valence-corrected chi connectivity index (χ0v) is 21.4. The molecular formula is C27H22BrFN6O2. The lowest BCUT2D eigenvalue weighted by Gasteiger charge is -2.08. The first-order valence-electron chi connectivity index (χ1n) is 11.5. The van der Waals surface area contributed by atoms with E-state index in [1.807, 2.05) is 35.9 Å². The number of halogens is 2. The van der Waals surface area contributed by atoms with Crippen LogP contribution in [0.3, 0.4) is 0 Å². The first kappa shape index (κ1) is 24.4. The number of pyridine rings is 2. The van der Waals surface area contributed by atoms with Gasteiger partial charge in [0, 0.05) is 50.0 Å². The average molecular weight is 561 g/mol. The lowest BCUT2D eigenvalue weighted by Crippen LogP contribution is -2.26. The maximum atomic E-state index is 13.9. The van der Waals surface area contributed by atoms with E-state index < -0.39 is 0 Å². The summed E-state index contributed by atoms with van der Waals surface area (Å²) < 4.78 is 22.2. The van der Waals surface area contributed by atoms with E-state index in [0.717, 1.165) is 11.1 Å². The number of amides is 1. The van der Waals surface area contributed by atoms with Crippen LogP contribution in [0.2, 0.25) is 0 Å². The number of nitrogens with zero attached hydrogens (tertiary/aromatic N) is 4. The van der Waals surface area contributed by atoms with Crippen molar-refractivity contribution >= 4 is 44.5 Å². The topological polar surface area (TPSA) is 94.0 Å². The van der Waals surface area contributed by atoms with Gasteiger partial charge >= 0.3 is 0 Å². The maximum Gasteiger partial charge on any atom is 0.270 e. The van der Waals surface area contributed by atoms with Crippen molar-refractivity contribution in [2.45, 2.75) is 6.42 Å². The number of nitrogens with one attached hydrogen (secondary N) is 2. The van der Waals surface area contributed by atoms with Crippen molar-refractivity contribution in [2.24, 2.45) is 7.05 Å². The molecule has 186 valence electrons. The van der Waals surface area contributed by atoms with Gasteiger partial charge in [0.15, 0.2) is 0 Å². The molecule has 0 aliphatic carbocycles. The molecule has 0 saturated carbocycles. The number of imidazole rings is 1. The minimum absolute atomic E-state index is 0.263. The number of carbonyl (C=O) groups excluding carboxylic acids is 1. The zero-order valence-electron chi connectivity index (χ0n) is 19.8. The van der Waals surface area contributed by atoms with Gasteiger partial charge in [-0.05, 0) is 76.4 Å². The first-order valence-corrected chi connectivity index (χ1v) is 12.2. The summed E-state index contributed by atoms with van der Waals surface area (Å²) in [6, 6.07) is 17.4. The summed E-state index contributed by atoms with van der Waals surface area (Å²) in [6.07, 6.45) is 5.68. The van der Waals surface area contributed by atoms with Crippen molar-refractivity contribution in [3.05, 3.63) is 101 Å². The lowest BCUT2D eigenvalue weighted by atomic mass is 10.2. The highest BCUT2D eigenvalue weighted by molar-refractivity contribution is 9.10. The second kappa shape index (κ2) is 10.8. The second-order valence-electron chi connectivity index (χ2n) is 8.24. The molecule has 0 unspecified atom stereocenters. The molecule has 2 N–H and O–H groups in total. The third-order valence-electron chi connectivity index (χ3n) is 5.68. The van der Waals surface area contributed by atoms with Crippen LogP contribution in [0.5, 0.6) is 11.5 Å². The predicted octanol–water partition coefficient (Wildman–Crippen LogP) is 5.77. The van der Waals surface area contributed by atoms with Crippen molar-refractivity contribution in [3.63, 3.8) is 0 Å². The summed E-state index contributed by atoms with van der Waals surface area (Å²) in [4.78, 5) is 25.3. The van der Waals surface area contributed by atoms with E-state index >= 15 is 0 Å². The molecule has 8 nitrogen and oxygen atoms in total. The van der Waals surface area contributed by atoms with Gasteiger partial charge in [-0.25, -0.2) is 9.37 Å². The Morgan fingerprint density at radius 2 is 1.84 bits per heavy atom. The Morgan fingerprint density at radius 3 is 2.65 bits per heavy atom. The smallest absolute Gasteiger partial charge is 0.270 e. The van der Waals surface area contributed by atoms with Crippen molar-refractivity contribution in [1.82, 2.24) is 24.8 Å². The Kier molecular flexibility index (Phi) is 7.09. The number of hydrogen-bond donors (Lipinski definition) is 2. The van der Waals surface area contributed by atoms with E-state index in [1.54, 1.807) is 42.7 Å². The van der Waals surface area contributed by atoms with Gasteiger partial charge in [0.25, 0.3) is 5.91 Å². The van der Waals surface area contributed by atoms with Crippen LogP contribution in [-0.2, 0) is 13.5 Å². The van der Waals surface area contributed by atoms with E-state index in [1.165, 1.54) is 12.3 Å². The lowest BCUT2D eigenvalue weighted by molar-refractivity contribution is 0.0949. The van der Waals surface area contributed by atoms with Crippen LogP contribution in [0, 0.1) is 5.82 Å². The van der Waals surface area contributed by atoms with Crippen molar-refractivity contribution < 1.29 is 13.9 Å². The number of ether oxygens (including phenoxy) is 1. The minimum Gasteiger partial charge on any atom is -0.457 e. The normalized spacial score (nSPS) is 10.9. The van der Waals surface area contributed by atoms with Gasteiger partial charge in [0.05, 0.1) is 15.5 Å². The largest absolute Gasteiger partial charge is 0.457 e. The third kappa shape index (κ3) is 5.75. The van der Waals surface area contributed by atoms with Gasteiger partial charge in [-0.1, -0.05) is 0 Å². The molecule has 2 aromatic carbocycles. The molecule has 37 heavy (non-hydrogen) atoms. The van der Waals surface area contributed by atoms with Crippen LogP contribution in [-0.4, -0.2) is 32.0 Å². The Labute approximate surface area is 220 Å². The summed E-state index contributed by atoms with van der Waals surface area (Å²) in [5.41, 5.74) is 3.51. The summed E-state index contributed by atoms with van der Waals surface area (Å²) in [5, 5.41) is 6.02. The molecule has 0 saturated heterocycles. The Balaban J connectivity index is 1.27. The zero-order chi connectivity index (χ0) is 25.8. The monoisotopic (exact) mass is 560 g/mol. The van der Waals surface area contributed by atoms with E-state index in [4.69, 9.17) is 4.74 Å². The molecule has 0 aliphatic heterocycles. The fourth-order valence-corrected chi connectivity index (χ4v) is 4.00. The molecular weight excluding hydrogens is 539 g/mol. The van der Waals surface area contributed by atoms with Crippen molar-refractivity contribution in [1.29, 1.82) is 0 Å². The fraction of sp³-hybridized carbons (Fsp3) is 0.111. The first-order chi connectivity index (χ1) is 18.0. The SMILES string of the molecule is Cn1c(Nc2ccc(Br)c(F)c2)nc2cc(Oc3ccnc(C(=O)NCCc4ccncc4)c3)ccc21. The van der Waals surface area contributed by atoms with E-state index in [2.05, 4.69) is 41.5 Å². The summed E-state index contributed by atoms with van der Waals surface area (Å²) in [6.45, 7) is 0.481. The third-order valence-corrected chi connectivity index (χ3v) is 6.32. The number of aromatic nitrogens is 4. The molecule has 0 bridgehead atoms. The van der Waals surface area contributed by atoms with Gasteiger partial charge in [-0.15, -0.1) is 0 Å². The molecule has 1 amide bonds. The number of carbonyl (C=O) groups is 1. The van der Waals surface area contributed by atoms with Crippen LogP contribution >= 0.6 is 15.9 Å². The second-order valence-corrected chi connectivity index (χ2v) is 9.09. The number of anilines is 2. The van der Waals surface area contributed by atoms with Gasteiger partial charge < -0.3 is 19.9 Å². The molecule has 5 rings (SSSR count). The molecule has 0 fully saturated rings. The van der Waals surface area contributed by atoms with Gasteiger partial charge in [0.1, 0.15) is 23.0 Å². The van der Waals surface area contributed by atoms with Gasteiger partial charge in [-0.3, -0.25) is 14.8 Å². The summed E-state index contributed by atoms with van der Waals surface area (Å²) in [7, 11) is 1.87. The number of benzene rings is 2. The Bertz CT molecular complexity index is 1570. The molecule has 0 spiro atoms. The quantitative estimate of drug-likeness (QED) is 0.250. The standard InChI is InChI=1S/C27H22BrFN6O2/c1-35-25-5-3-19(15-23(25)34-27(35)33-18-2-4-21(28)22(29)14-18)37-20-9-13-31-24(16-20)26(36)32-12-8-17-6-10-30-11-7-17/h2-7,9-11,13-16H,8,12H2,1H3,(H,32,36)(H,33,34). The van der Waals surface area contributed by atoms with Crippen LogP contribution < -0.4 is 15.4 Å². The van der Waals surface area contributed by atoms with Gasteiger partial charge in [0.2, 0.25) is 5.95 Å². The number of fused-ring (bicyclic) bond motifs is 1. The minimum atomic E-state index is -0.362. The summed E-state index contributed by atoms with van der Waals surface area (Å²) >= 11 is 3.16. The van der Waals surface area contributed by atoms with Crippen LogP contribution in [0.4, 0.5) is 16.0 Å². The van der Waals surface area contributed by atoms with Gasteiger partial charge in [-0.2, -0.15) is 0 Å². The van der Waals surface area contributed by atoms with Crippen molar-refractivity contribution in [2.75, 3.05) is 11.9 Å². The number of hydrogen-bond acceptors (Lipinski definition) is 6. The Morgan fingerprint density at radius 1 is 1.03 bits per heavy atom. The number of rotatable bonds is 8. The van der Waals surface area contributed by atoms with E-state index in [0.29, 0.717) is 46.1 Å². The van der Waals surface area contributed by atoms with Crippen LogP contribution in [0.25, 0.3) is 11.0 Å². The average Bonchev–Trinajstić information content (AvgIpc) is 3.21. The highest BCUT2D eigenvalue weighted by Gasteiger charge is 2.12. The highest BCUT2D eigenvalue weighted by Crippen LogP contribution is 2.29. The van der Waals surface area contributed by atoms with Crippen LogP contribution in [0.15, 0.2) is 83.7 Å². The van der Waals surface area contributed by atoms with E-state index in [9.17, 15) is 9.18 Å². The Hall–Kier alpha value is -4.31. The van der Waals surface area contributed by atoms with E-state index in [-0.39, 0.29) is 17.4 Å². The molecule has 3 heterocycles. The molecule has 0 aliphatic rings. The molecule has 3 aromatic heterocycles. The molecule has 0 radical (unpaired) electrons. The fourth-order valence-electron chi connectivity index (χ4n) is 3.75. The molecule has 5 aromatic rings. The molecule has 10 heteroatoms. The maximum absolute atomic E-state index is 13.9. The number of aryl methyl sites for hydroxylation is 1. The highest BCUT2D eigenvalue weighted by atomic mass is 79.9. The van der Waals surface area contributed by atoms with Crippen LogP contribution in [0.1, 0.15) is 16.1 Å². The molecule has 0 atom stereocenters. The predicted molar refractivity (Wildman–Crippen MR) is 143 cm³/mol.